The van der Waals surface area contributed by atoms with E-state index in [-0.39, 0.29) is 30.0 Å². The second-order valence-corrected chi connectivity index (χ2v) is 9.54. The zero-order chi connectivity index (χ0) is 20.6. The number of carbonyl (C=O) groups excluding carboxylic acids is 1. The molecule has 8 heteroatoms. The summed E-state index contributed by atoms with van der Waals surface area (Å²) in [5, 5.41) is 0. The number of para-hydroxylation sites is 1. The summed E-state index contributed by atoms with van der Waals surface area (Å²) < 4.78 is 35.6. The van der Waals surface area contributed by atoms with Crippen LogP contribution in [0.25, 0.3) is 0 Å². The average Bonchev–Trinajstić information content (AvgIpc) is 3.04. The van der Waals surface area contributed by atoms with E-state index in [0.717, 1.165) is 11.3 Å². The Morgan fingerprint density at radius 1 is 0.966 bits per heavy atom. The number of piperazine rings is 1. The molecular formula is C21H24N2O5S. The van der Waals surface area contributed by atoms with Crippen LogP contribution in [0.5, 0.6) is 11.5 Å². The van der Waals surface area contributed by atoms with Crippen LogP contribution in [0, 0.1) is 0 Å². The summed E-state index contributed by atoms with van der Waals surface area (Å²) in [5.74, 6) is 1.33. The highest BCUT2D eigenvalue weighted by Crippen LogP contribution is 2.34. The lowest BCUT2D eigenvalue weighted by atomic mass is 10.0. The normalized spacial score (nSPS) is 23.7. The van der Waals surface area contributed by atoms with Gasteiger partial charge in [-0.1, -0.05) is 18.2 Å². The molecule has 2 aromatic rings. The molecular weight excluding hydrogens is 392 g/mol. The van der Waals surface area contributed by atoms with Crippen LogP contribution in [-0.4, -0.2) is 63.6 Å². The number of ether oxygens (including phenoxy) is 2. The van der Waals surface area contributed by atoms with E-state index in [0.29, 0.717) is 18.0 Å². The van der Waals surface area contributed by atoms with Crippen molar-refractivity contribution in [2.45, 2.75) is 18.6 Å². The number of fused-ring (bicyclic) bond motifs is 1. The van der Waals surface area contributed by atoms with Gasteiger partial charge in [-0.25, -0.2) is 8.42 Å². The monoisotopic (exact) mass is 416 g/mol. The van der Waals surface area contributed by atoms with Crippen LogP contribution < -0.4 is 14.4 Å². The van der Waals surface area contributed by atoms with Gasteiger partial charge in [0.25, 0.3) is 0 Å². The lowest BCUT2D eigenvalue weighted by Crippen LogP contribution is -2.61. The second kappa shape index (κ2) is 7.68. The van der Waals surface area contributed by atoms with Crippen molar-refractivity contribution in [3.05, 3.63) is 54.1 Å². The van der Waals surface area contributed by atoms with Gasteiger partial charge in [0, 0.05) is 23.8 Å². The second-order valence-electron chi connectivity index (χ2n) is 7.39. The molecule has 2 unspecified atom stereocenters. The molecule has 2 fully saturated rings. The van der Waals surface area contributed by atoms with Crippen LogP contribution >= 0.6 is 0 Å². The summed E-state index contributed by atoms with van der Waals surface area (Å²) in [5.41, 5.74) is 1.63. The fraction of sp³-hybridized carbons (Fsp3) is 0.381. The Balaban J connectivity index is 1.66. The summed E-state index contributed by atoms with van der Waals surface area (Å²) in [7, 11) is -0.0531. The number of carbonyl (C=O) groups is 1. The van der Waals surface area contributed by atoms with Crippen molar-refractivity contribution in [2.24, 2.45) is 0 Å². The summed E-state index contributed by atoms with van der Waals surface area (Å²) in [6, 6.07) is 14.1. The lowest BCUT2D eigenvalue weighted by Gasteiger charge is -2.43. The number of rotatable bonds is 5. The molecule has 2 saturated heterocycles. The molecule has 1 amide bonds. The highest BCUT2D eigenvalue weighted by molar-refractivity contribution is 7.91. The molecule has 2 heterocycles. The number of amides is 1. The molecule has 29 heavy (non-hydrogen) atoms. The highest BCUT2D eigenvalue weighted by Gasteiger charge is 2.49. The van der Waals surface area contributed by atoms with E-state index in [1.165, 1.54) is 0 Å². The highest BCUT2D eigenvalue weighted by atomic mass is 32.2. The van der Waals surface area contributed by atoms with Crippen molar-refractivity contribution >= 4 is 21.4 Å². The first kappa shape index (κ1) is 19.7. The summed E-state index contributed by atoms with van der Waals surface area (Å²) in [6.07, 6.45) is 0. The van der Waals surface area contributed by atoms with Gasteiger partial charge in [0.1, 0.15) is 11.5 Å². The first-order valence-corrected chi connectivity index (χ1v) is 11.3. The van der Waals surface area contributed by atoms with Gasteiger partial charge >= 0.3 is 0 Å². The molecule has 0 aromatic heterocycles. The minimum Gasteiger partial charge on any atom is -0.497 e. The number of anilines is 1. The predicted molar refractivity (Wildman–Crippen MR) is 110 cm³/mol. The number of sulfone groups is 1. The minimum absolute atomic E-state index is 0.0299. The van der Waals surface area contributed by atoms with Gasteiger partial charge in [-0.3, -0.25) is 9.69 Å². The maximum Gasteiger partial charge on any atom is 0.241 e. The molecule has 2 aliphatic heterocycles. The Morgan fingerprint density at radius 3 is 2.34 bits per heavy atom. The molecule has 2 aromatic carbocycles. The van der Waals surface area contributed by atoms with Crippen LogP contribution in [-0.2, 0) is 21.2 Å². The average molecular weight is 416 g/mol. The molecule has 2 aliphatic rings. The van der Waals surface area contributed by atoms with Crippen LogP contribution in [0.1, 0.15) is 5.56 Å². The zero-order valence-corrected chi connectivity index (χ0v) is 17.3. The van der Waals surface area contributed by atoms with Gasteiger partial charge in [0.15, 0.2) is 9.84 Å². The third-order valence-corrected chi connectivity index (χ3v) is 7.32. The summed E-state index contributed by atoms with van der Waals surface area (Å²) in [4.78, 5) is 16.7. The first-order chi connectivity index (χ1) is 13.9. The van der Waals surface area contributed by atoms with E-state index in [1.54, 1.807) is 43.4 Å². The topological polar surface area (TPSA) is 76.2 Å². The van der Waals surface area contributed by atoms with E-state index < -0.39 is 15.9 Å². The van der Waals surface area contributed by atoms with Crippen molar-refractivity contribution in [1.82, 2.24) is 4.90 Å². The van der Waals surface area contributed by atoms with E-state index in [4.69, 9.17) is 9.47 Å². The van der Waals surface area contributed by atoms with Crippen LogP contribution in [0.3, 0.4) is 0 Å². The third-order valence-electron chi connectivity index (χ3n) is 5.62. The smallest absolute Gasteiger partial charge is 0.241 e. The molecule has 0 radical (unpaired) electrons. The van der Waals surface area contributed by atoms with Gasteiger partial charge in [-0.05, 0) is 30.3 Å². The van der Waals surface area contributed by atoms with Crippen molar-refractivity contribution in [2.75, 3.05) is 37.2 Å². The maximum atomic E-state index is 13.1. The molecule has 0 bridgehead atoms. The van der Waals surface area contributed by atoms with Crippen LogP contribution in [0.4, 0.5) is 5.69 Å². The van der Waals surface area contributed by atoms with Crippen molar-refractivity contribution in [3.63, 3.8) is 0 Å². The number of methoxy groups -OCH3 is 2. The van der Waals surface area contributed by atoms with Crippen molar-refractivity contribution < 1.29 is 22.7 Å². The van der Waals surface area contributed by atoms with Gasteiger partial charge in [0.05, 0.1) is 38.3 Å². The Bertz CT molecular complexity index is 1010. The molecule has 0 N–H and O–H groups in total. The number of benzene rings is 2. The molecule has 2 atom stereocenters. The fourth-order valence-corrected chi connectivity index (χ4v) is 6.24. The number of nitrogens with zero attached hydrogens (tertiary/aromatic N) is 2. The van der Waals surface area contributed by atoms with Gasteiger partial charge < -0.3 is 14.4 Å². The fourth-order valence-electron chi connectivity index (χ4n) is 4.26. The Kier molecular flexibility index (Phi) is 5.23. The zero-order valence-electron chi connectivity index (χ0n) is 16.4. The molecule has 0 saturated carbocycles. The van der Waals surface area contributed by atoms with Crippen LogP contribution in [0.15, 0.2) is 48.5 Å². The van der Waals surface area contributed by atoms with Gasteiger partial charge in [-0.15, -0.1) is 0 Å². The summed E-state index contributed by atoms with van der Waals surface area (Å²) >= 11 is 0. The Hall–Kier alpha value is -2.58. The molecule has 0 spiro atoms. The molecule has 7 nitrogen and oxygen atoms in total. The molecule has 4 rings (SSSR count). The van der Waals surface area contributed by atoms with E-state index in [1.807, 2.05) is 29.2 Å². The standard InChI is InChI=1S/C21H24N2O5S/c1-27-17-9-7-16(8-10-17)23-19-14-29(25,26)13-18(19)22(12-21(23)24)11-15-5-3-4-6-20(15)28-2/h3-10,18-19H,11-14H2,1-2H3. The van der Waals surface area contributed by atoms with E-state index in [9.17, 15) is 13.2 Å². The first-order valence-electron chi connectivity index (χ1n) is 9.44. The summed E-state index contributed by atoms with van der Waals surface area (Å²) in [6.45, 7) is 0.615. The predicted octanol–water partition coefficient (Wildman–Crippen LogP) is 1.72. The Morgan fingerprint density at radius 2 is 1.66 bits per heavy atom. The molecule has 154 valence electrons. The minimum atomic E-state index is -3.24. The van der Waals surface area contributed by atoms with Crippen molar-refractivity contribution in [1.29, 1.82) is 0 Å². The van der Waals surface area contributed by atoms with Crippen LogP contribution in [0.2, 0.25) is 0 Å². The van der Waals surface area contributed by atoms with E-state index in [2.05, 4.69) is 0 Å². The third kappa shape index (κ3) is 3.82. The quantitative estimate of drug-likeness (QED) is 0.739. The van der Waals surface area contributed by atoms with Gasteiger partial charge in [-0.2, -0.15) is 0 Å². The Labute approximate surface area is 170 Å². The van der Waals surface area contributed by atoms with Crippen molar-refractivity contribution in [3.8, 4) is 11.5 Å². The van der Waals surface area contributed by atoms with E-state index >= 15 is 0 Å². The molecule has 0 aliphatic carbocycles. The van der Waals surface area contributed by atoms with Gasteiger partial charge in [0.2, 0.25) is 5.91 Å². The largest absolute Gasteiger partial charge is 0.497 e. The maximum absolute atomic E-state index is 13.1. The SMILES string of the molecule is COc1ccc(N2C(=O)CN(Cc3ccccc3OC)C3CS(=O)(=O)CC32)cc1. The number of hydrogen-bond donors (Lipinski definition) is 0. The lowest BCUT2D eigenvalue weighted by molar-refractivity contribution is -0.123. The number of hydrogen-bond acceptors (Lipinski definition) is 6.